The molecule has 8 nitrogen and oxygen atoms in total. The maximum atomic E-state index is 12.0. The van der Waals surface area contributed by atoms with Crippen molar-refractivity contribution in [3.05, 3.63) is 53.6 Å². The van der Waals surface area contributed by atoms with E-state index in [0.717, 1.165) is 11.1 Å². The summed E-state index contributed by atoms with van der Waals surface area (Å²) in [7, 11) is 0. The van der Waals surface area contributed by atoms with E-state index in [0.29, 0.717) is 23.8 Å². The summed E-state index contributed by atoms with van der Waals surface area (Å²) < 4.78 is 10.7. The number of aryl methyl sites for hydroxylation is 2. The van der Waals surface area contributed by atoms with E-state index in [4.69, 9.17) is 9.47 Å². The molecule has 0 aromatic heterocycles. The highest BCUT2D eigenvalue weighted by Gasteiger charge is 2.09. The molecule has 0 fully saturated rings. The molecule has 30 heavy (non-hydrogen) atoms. The molecule has 160 valence electrons. The lowest BCUT2D eigenvalue weighted by Gasteiger charge is -2.10. The van der Waals surface area contributed by atoms with Crippen molar-refractivity contribution in [2.45, 2.75) is 33.6 Å². The molecule has 0 spiro atoms. The molecular weight excluding hydrogens is 386 g/mol. The van der Waals surface area contributed by atoms with Gasteiger partial charge in [0.2, 0.25) is 11.8 Å². The van der Waals surface area contributed by atoms with Crippen molar-refractivity contribution in [3.63, 3.8) is 0 Å². The molecule has 2 rings (SSSR count). The Hall–Kier alpha value is -3.55. The number of carbonyl (C=O) groups is 3. The van der Waals surface area contributed by atoms with Gasteiger partial charge in [0, 0.05) is 18.5 Å². The van der Waals surface area contributed by atoms with Crippen molar-refractivity contribution in [2.75, 3.05) is 18.5 Å². The van der Waals surface area contributed by atoms with Crippen molar-refractivity contribution in [3.8, 4) is 11.5 Å². The van der Waals surface area contributed by atoms with Crippen LogP contribution in [0, 0.1) is 13.8 Å². The van der Waals surface area contributed by atoms with Crippen LogP contribution >= 0.6 is 0 Å². The second-order valence-electron chi connectivity index (χ2n) is 6.71. The Labute approximate surface area is 175 Å². The van der Waals surface area contributed by atoms with E-state index in [2.05, 4.69) is 16.2 Å². The molecule has 0 saturated carbocycles. The molecule has 2 aromatic rings. The minimum absolute atomic E-state index is 0.0199. The molecule has 0 atom stereocenters. The van der Waals surface area contributed by atoms with E-state index in [1.807, 2.05) is 39.0 Å². The average Bonchev–Trinajstić information content (AvgIpc) is 2.70. The third-order valence-electron chi connectivity index (χ3n) is 3.93. The van der Waals surface area contributed by atoms with Gasteiger partial charge in [-0.15, -0.1) is 0 Å². The molecular formula is C22H27N3O5. The fourth-order valence-corrected chi connectivity index (χ4v) is 2.65. The Morgan fingerprint density at radius 1 is 0.767 bits per heavy atom. The number of nitrogens with one attached hydrogen (secondary N) is 3. The van der Waals surface area contributed by atoms with E-state index < -0.39 is 11.8 Å². The summed E-state index contributed by atoms with van der Waals surface area (Å²) in [4.78, 5) is 35.6. The molecule has 8 heteroatoms. The first-order chi connectivity index (χ1) is 14.4. The van der Waals surface area contributed by atoms with Crippen LogP contribution < -0.4 is 25.6 Å². The topological polar surface area (TPSA) is 106 Å². The van der Waals surface area contributed by atoms with Gasteiger partial charge in [-0.2, -0.15) is 0 Å². The highest BCUT2D eigenvalue weighted by Crippen LogP contribution is 2.16. The number of benzene rings is 2. The Morgan fingerprint density at radius 2 is 1.37 bits per heavy atom. The number of hydrazine groups is 1. The van der Waals surface area contributed by atoms with Crippen LogP contribution in [0.5, 0.6) is 11.5 Å². The van der Waals surface area contributed by atoms with Gasteiger partial charge in [-0.25, -0.2) is 0 Å². The van der Waals surface area contributed by atoms with Crippen LogP contribution in [0.4, 0.5) is 5.69 Å². The van der Waals surface area contributed by atoms with E-state index in [-0.39, 0.29) is 25.4 Å². The highest BCUT2D eigenvalue weighted by atomic mass is 16.5. The van der Waals surface area contributed by atoms with Gasteiger partial charge < -0.3 is 14.8 Å². The van der Waals surface area contributed by atoms with Crippen molar-refractivity contribution in [2.24, 2.45) is 0 Å². The molecule has 0 aliphatic heterocycles. The third kappa shape index (κ3) is 8.22. The van der Waals surface area contributed by atoms with E-state index >= 15 is 0 Å². The quantitative estimate of drug-likeness (QED) is 0.548. The minimum Gasteiger partial charge on any atom is -0.494 e. The van der Waals surface area contributed by atoms with Crippen molar-refractivity contribution in [1.82, 2.24) is 10.9 Å². The predicted molar refractivity (Wildman–Crippen MR) is 113 cm³/mol. The largest absolute Gasteiger partial charge is 0.494 e. The molecule has 0 aliphatic rings. The second kappa shape index (κ2) is 11.5. The lowest BCUT2D eigenvalue weighted by atomic mass is 10.1. The Bertz CT molecular complexity index is 861. The summed E-state index contributed by atoms with van der Waals surface area (Å²) in [6, 6.07) is 12.6. The van der Waals surface area contributed by atoms with Gasteiger partial charge >= 0.3 is 0 Å². The van der Waals surface area contributed by atoms with Gasteiger partial charge in [-0.3, -0.25) is 25.2 Å². The number of hydrogen-bond acceptors (Lipinski definition) is 5. The van der Waals surface area contributed by atoms with Crippen molar-refractivity contribution >= 4 is 23.4 Å². The summed E-state index contributed by atoms with van der Waals surface area (Å²) in [6.07, 6.45) is -0.0882. The average molecular weight is 413 g/mol. The summed E-state index contributed by atoms with van der Waals surface area (Å²) in [6.45, 7) is 6.09. The Balaban J connectivity index is 1.65. The lowest BCUT2D eigenvalue weighted by molar-refractivity contribution is -0.130. The standard InChI is InChI=1S/C22H27N3O5/c1-4-29-18-7-5-17(6-8-18)23-20(26)9-10-21(27)24-25-22(28)14-30-19-12-15(2)11-16(3)13-19/h5-8,11-13H,4,9-10,14H2,1-3H3,(H,23,26)(H,24,27)(H,25,28). The summed E-state index contributed by atoms with van der Waals surface area (Å²) in [5.74, 6) is 0.0174. The zero-order chi connectivity index (χ0) is 21.9. The Kier molecular flexibility index (Phi) is 8.68. The number of carbonyl (C=O) groups excluding carboxylic acids is 3. The molecule has 0 aliphatic carbocycles. The monoisotopic (exact) mass is 413 g/mol. The summed E-state index contributed by atoms with van der Waals surface area (Å²) in [5, 5.41) is 2.70. The van der Waals surface area contributed by atoms with E-state index in [1.165, 1.54) is 0 Å². The molecule has 0 radical (unpaired) electrons. The van der Waals surface area contributed by atoms with Crippen LogP contribution in [-0.4, -0.2) is 30.9 Å². The van der Waals surface area contributed by atoms with Crippen molar-refractivity contribution in [1.29, 1.82) is 0 Å². The summed E-state index contributed by atoms with van der Waals surface area (Å²) in [5.41, 5.74) is 7.20. The summed E-state index contributed by atoms with van der Waals surface area (Å²) >= 11 is 0. The molecule has 0 bridgehead atoms. The Morgan fingerprint density at radius 3 is 2.00 bits per heavy atom. The predicted octanol–water partition coefficient (Wildman–Crippen LogP) is 2.65. The van der Waals surface area contributed by atoms with Gasteiger partial charge in [0.15, 0.2) is 6.61 Å². The highest BCUT2D eigenvalue weighted by molar-refractivity contribution is 5.93. The van der Waals surface area contributed by atoms with Crippen LogP contribution in [0.2, 0.25) is 0 Å². The second-order valence-corrected chi connectivity index (χ2v) is 6.71. The number of rotatable bonds is 9. The van der Waals surface area contributed by atoms with Gasteiger partial charge in [0.1, 0.15) is 11.5 Å². The molecule has 0 saturated heterocycles. The van der Waals surface area contributed by atoms with E-state index in [1.54, 1.807) is 24.3 Å². The first kappa shape index (κ1) is 22.7. The van der Waals surface area contributed by atoms with Crippen LogP contribution in [0.25, 0.3) is 0 Å². The number of hydrogen-bond donors (Lipinski definition) is 3. The van der Waals surface area contributed by atoms with Crippen LogP contribution in [-0.2, 0) is 14.4 Å². The van der Waals surface area contributed by atoms with Gasteiger partial charge in [0.25, 0.3) is 5.91 Å². The number of anilines is 1. The maximum absolute atomic E-state index is 12.0. The van der Waals surface area contributed by atoms with E-state index in [9.17, 15) is 14.4 Å². The fourth-order valence-electron chi connectivity index (χ4n) is 2.65. The zero-order valence-electron chi connectivity index (χ0n) is 17.4. The molecule has 0 unspecified atom stereocenters. The van der Waals surface area contributed by atoms with Crippen LogP contribution in [0.15, 0.2) is 42.5 Å². The SMILES string of the molecule is CCOc1ccc(NC(=O)CCC(=O)NNC(=O)COc2cc(C)cc(C)c2)cc1. The van der Waals surface area contributed by atoms with Crippen LogP contribution in [0.1, 0.15) is 30.9 Å². The smallest absolute Gasteiger partial charge is 0.276 e. The number of ether oxygens (including phenoxy) is 2. The van der Waals surface area contributed by atoms with Crippen molar-refractivity contribution < 1.29 is 23.9 Å². The normalized spacial score (nSPS) is 10.1. The molecule has 3 N–H and O–H groups in total. The number of amides is 3. The lowest BCUT2D eigenvalue weighted by Crippen LogP contribution is -2.44. The first-order valence-electron chi connectivity index (χ1n) is 9.67. The minimum atomic E-state index is -0.499. The van der Waals surface area contributed by atoms with Gasteiger partial charge in [-0.1, -0.05) is 6.07 Å². The zero-order valence-corrected chi connectivity index (χ0v) is 17.4. The van der Waals surface area contributed by atoms with Gasteiger partial charge in [0.05, 0.1) is 6.61 Å². The van der Waals surface area contributed by atoms with Crippen LogP contribution in [0.3, 0.4) is 0 Å². The molecule has 0 heterocycles. The molecule has 2 aromatic carbocycles. The first-order valence-corrected chi connectivity index (χ1v) is 9.67. The fraction of sp³-hybridized carbons (Fsp3) is 0.318. The third-order valence-corrected chi connectivity index (χ3v) is 3.93. The molecule has 3 amide bonds. The van der Waals surface area contributed by atoms with Gasteiger partial charge in [-0.05, 0) is 68.3 Å². The maximum Gasteiger partial charge on any atom is 0.276 e.